The number of nitrogens with zero attached hydrogens (tertiary/aromatic N) is 3. The van der Waals surface area contributed by atoms with Gasteiger partial charge < -0.3 is 10.6 Å². The van der Waals surface area contributed by atoms with E-state index in [0.717, 1.165) is 11.3 Å². The summed E-state index contributed by atoms with van der Waals surface area (Å²) < 4.78 is 0. The summed E-state index contributed by atoms with van der Waals surface area (Å²) in [6, 6.07) is 5.65. The highest BCUT2D eigenvalue weighted by molar-refractivity contribution is 6.33. The van der Waals surface area contributed by atoms with Gasteiger partial charge in [-0.15, -0.1) is 0 Å². The van der Waals surface area contributed by atoms with Crippen molar-refractivity contribution in [2.45, 2.75) is 13.8 Å². The monoisotopic (exact) mass is 297 g/mol. The van der Waals surface area contributed by atoms with Crippen molar-refractivity contribution in [1.82, 2.24) is 15.0 Å². The molecule has 0 bridgehead atoms. The van der Waals surface area contributed by atoms with Gasteiger partial charge in [-0.1, -0.05) is 17.7 Å². The van der Waals surface area contributed by atoms with Crippen molar-refractivity contribution < 1.29 is 0 Å². The summed E-state index contributed by atoms with van der Waals surface area (Å²) in [7, 11) is 0. The van der Waals surface area contributed by atoms with E-state index >= 15 is 0 Å². The van der Waals surface area contributed by atoms with Gasteiger partial charge >= 0.3 is 0 Å². The molecule has 1 aromatic carbocycles. The molecular weight excluding hydrogens is 285 g/mol. The first-order valence-electron chi connectivity index (χ1n) is 5.77. The first kappa shape index (κ1) is 13.8. The van der Waals surface area contributed by atoms with Crippen molar-refractivity contribution in [2.24, 2.45) is 0 Å². The Kier molecular flexibility index (Phi) is 4.39. The molecule has 5 nitrogen and oxygen atoms in total. The second kappa shape index (κ2) is 6.04. The highest BCUT2D eigenvalue weighted by atomic mass is 35.5. The number of aromatic nitrogens is 3. The standard InChI is InChI=1S/C12H13Cl2N5/c1-3-15-11-17-10(14)18-12(19-11)16-9-6-7(2)4-5-8(9)13/h4-6H,3H2,1-2H3,(H2,15,16,17,18,19). The van der Waals surface area contributed by atoms with Crippen LogP contribution in [0.1, 0.15) is 12.5 Å². The maximum Gasteiger partial charge on any atom is 0.233 e. The van der Waals surface area contributed by atoms with Crippen LogP contribution < -0.4 is 10.6 Å². The Morgan fingerprint density at radius 2 is 1.84 bits per heavy atom. The summed E-state index contributed by atoms with van der Waals surface area (Å²) in [5, 5.41) is 6.73. The van der Waals surface area contributed by atoms with Crippen LogP contribution in [0.5, 0.6) is 0 Å². The van der Waals surface area contributed by atoms with E-state index in [4.69, 9.17) is 23.2 Å². The molecule has 2 rings (SSSR count). The van der Waals surface area contributed by atoms with Gasteiger partial charge in [0.15, 0.2) is 0 Å². The lowest BCUT2D eigenvalue weighted by Crippen LogP contribution is -2.06. The topological polar surface area (TPSA) is 62.7 Å². The Hall–Kier alpha value is -1.59. The predicted molar refractivity (Wildman–Crippen MR) is 78.5 cm³/mol. The second-order valence-corrected chi connectivity index (χ2v) is 4.64. The lowest BCUT2D eigenvalue weighted by Gasteiger charge is -2.09. The zero-order valence-corrected chi connectivity index (χ0v) is 12.0. The van der Waals surface area contributed by atoms with Gasteiger partial charge in [0.25, 0.3) is 0 Å². The molecule has 1 aromatic heterocycles. The summed E-state index contributed by atoms with van der Waals surface area (Å²) in [6.45, 7) is 4.62. The fourth-order valence-corrected chi connectivity index (χ4v) is 1.82. The van der Waals surface area contributed by atoms with E-state index in [1.165, 1.54) is 0 Å². The van der Waals surface area contributed by atoms with Crippen LogP contribution in [0.4, 0.5) is 17.6 Å². The number of hydrogen-bond donors (Lipinski definition) is 2. The normalized spacial score (nSPS) is 10.3. The fraction of sp³-hybridized carbons (Fsp3) is 0.250. The minimum Gasteiger partial charge on any atom is -0.354 e. The molecule has 19 heavy (non-hydrogen) atoms. The van der Waals surface area contributed by atoms with Crippen molar-refractivity contribution in [3.05, 3.63) is 34.1 Å². The smallest absolute Gasteiger partial charge is 0.233 e. The van der Waals surface area contributed by atoms with Gasteiger partial charge in [-0.3, -0.25) is 0 Å². The molecule has 0 unspecified atom stereocenters. The highest BCUT2D eigenvalue weighted by Gasteiger charge is 2.07. The summed E-state index contributed by atoms with van der Waals surface area (Å²) >= 11 is 12.0. The average Bonchev–Trinajstić information content (AvgIpc) is 2.33. The molecule has 0 radical (unpaired) electrons. The number of anilines is 3. The number of hydrogen-bond acceptors (Lipinski definition) is 5. The van der Waals surface area contributed by atoms with Gasteiger partial charge in [0, 0.05) is 6.54 Å². The van der Waals surface area contributed by atoms with Crippen LogP contribution in [0, 0.1) is 6.92 Å². The third-order valence-electron chi connectivity index (χ3n) is 2.31. The molecule has 0 fully saturated rings. The van der Waals surface area contributed by atoms with E-state index in [9.17, 15) is 0 Å². The van der Waals surface area contributed by atoms with Gasteiger partial charge in [0.05, 0.1) is 10.7 Å². The Morgan fingerprint density at radius 3 is 2.58 bits per heavy atom. The zero-order chi connectivity index (χ0) is 13.8. The molecule has 2 N–H and O–H groups in total. The summed E-state index contributed by atoms with van der Waals surface area (Å²) in [4.78, 5) is 12.2. The molecule has 0 saturated carbocycles. The van der Waals surface area contributed by atoms with Crippen LogP contribution in [0.2, 0.25) is 10.3 Å². The third kappa shape index (κ3) is 3.68. The first-order chi connectivity index (χ1) is 9.08. The predicted octanol–water partition coefficient (Wildman–Crippen LogP) is 3.66. The van der Waals surface area contributed by atoms with Crippen LogP contribution in [0.15, 0.2) is 18.2 Å². The van der Waals surface area contributed by atoms with E-state index in [2.05, 4.69) is 25.6 Å². The number of rotatable bonds is 4. The molecule has 0 aliphatic carbocycles. The third-order valence-corrected chi connectivity index (χ3v) is 2.81. The zero-order valence-electron chi connectivity index (χ0n) is 10.5. The molecule has 1 heterocycles. The largest absolute Gasteiger partial charge is 0.354 e. The quantitative estimate of drug-likeness (QED) is 0.902. The fourth-order valence-electron chi connectivity index (χ4n) is 1.50. The Labute approximate surface area is 121 Å². The molecule has 0 aliphatic rings. The number of nitrogens with one attached hydrogen (secondary N) is 2. The number of aryl methyl sites for hydroxylation is 1. The Morgan fingerprint density at radius 1 is 1.11 bits per heavy atom. The van der Waals surface area contributed by atoms with Crippen LogP contribution in [-0.4, -0.2) is 21.5 Å². The molecular formula is C12H13Cl2N5. The summed E-state index contributed by atoms with van der Waals surface area (Å²) in [5.74, 6) is 0.775. The second-order valence-electron chi connectivity index (χ2n) is 3.89. The maximum absolute atomic E-state index is 6.10. The van der Waals surface area contributed by atoms with Gasteiger partial charge in [-0.2, -0.15) is 15.0 Å². The maximum atomic E-state index is 6.10. The van der Waals surface area contributed by atoms with Gasteiger partial charge in [0.2, 0.25) is 17.2 Å². The SMILES string of the molecule is CCNc1nc(Cl)nc(Nc2cc(C)ccc2Cl)n1. The highest BCUT2D eigenvalue weighted by Crippen LogP contribution is 2.25. The molecule has 100 valence electrons. The van der Waals surface area contributed by atoms with Gasteiger partial charge in [-0.05, 0) is 43.1 Å². The molecule has 2 aromatic rings. The lowest BCUT2D eigenvalue weighted by molar-refractivity contribution is 1.02. The minimum atomic E-state index is 0.122. The molecule has 0 saturated heterocycles. The van der Waals surface area contributed by atoms with E-state index in [1.807, 2.05) is 32.0 Å². The van der Waals surface area contributed by atoms with Crippen molar-refractivity contribution >= 4 is 40.8 Å². The molecule has 0 amide bonds. The Bertz CT molecular complexity index is 588. The van der Waals surface area contributed by atoms with Gasteiger partial charge in [0.1, 0.15) is 0 Å². The van der Waals surface area contributed by atoms with Gasteiger partial charge in [-0.25, -0.2) is 0 Å². The van der Waals surface area contributed by atoms with E-state index < -0.39 is 0 Å². The first-order valence-corrected chi connectivity index (χ1v) is 6.52. The van der Waals surface area contributed by atoms with E-state index in [-0.39, 0.29) is 5.28 Å². The summed E-state index contributed by atoms with van der Waals surface area (Å²) in [5.41, 5.74) is 1.81. The molecule has 0 spiro atoms. The van der Waals surface area contributed by atoms with E-state index in [1.54, 1.807) is 0 Å². The van der Waals surface area contributed by atoms with Crippen LogP contribution in [0.25, 0.3) is 0 Å². The molecule has 0 atom stereocenters. The van der Waals surface area contributed by atoms with Crippen LogP contribution in [-0.2, 0) is 0 Å². The van der Waals surface area contributed by atoms with Crippen molar-refractivity contribution in [2.75, 3.05) is 17.2 Å². The Balaban J connectivity index is 2.29. The lowest BCUT2D eigenvalue weighted by atomic mass is 10.2. The van der Waals surface area contributed by atoms with Crippen molar-refractivity contribution in [1.29, 1.82) is 0 Å². The molecule has 7 heteroatoms. The average molecular weight is 298 g/mol. The number of benzene rings is 1. The van der Waals surface area contributed by atoms with E-state index in [0.29, 0.717) is 23.5 Å². The summed E-state index contributed by atoms with van der Waals surface area (Å²) in [6.07, 6.45) is 0. The van der Waals surface area contributed by atoms with Crippen LogP contribution >= 0.6 is 23.2 Å². The van der Waals surface area contributed by atoms with Crippen molar-refractivity contribution in [3.8, 4) is 0 Å². The van der Waals surface area contributed by atoms with Crippen molar-refractivity contribution in [3.63, 3.8) is 0 Å². The van der Waals surface area contributed by atoms with Crippen LogP contribution in [0.3, 0.4) is 0 Å². The minimum absolute atomic E-state index is 0.122. The number of halogens is 2. The molecule has 0 aliphatic heterocycles.